The van der Waals surface area contributed by atoms with Crippen molar-refractivity contribution < 1.29 is 34.2 Å². The number of rotatable bonds is 12. The second-order valence-electron chi connectivity index (χ2n) is 7.51. The highest BCUT2D eigenvalue weighted by Crippen LogP contribution is 2.06. The summed E-state index contributed by atoms with van der Waals surface area (Å²) in [7, 11) is 0. The van der Waals surface area contributed by atoms with Crippen molar-refractivity contribution in [1.82, 2.24) is 21.3 Å². The van der Waals surface area contributed by atoms with Gasteiger partial charge in [0.05, 0.1) is 12.6 Å². The Kier molecular flexibility index (Phi) is 9.61. The predicted molar refractivity (Wildman–Crippen MR) is 113 cm³/mol. The third kappa shape index (κ3) is 8.34. The van der Waals surface area contributed by atoms with E-state index in [0.29, 0.717) is 6.42 Å². The largest absolute Gasteiger partial charge is 0.481 e. The Labute approximate surface area is 184 Å². The third-order valence-electron chi connectivity index (χ3n) is 5.00. The molecule has 11 heteroatoms. The van der Waals surface area contributed by atoms with Gasteiger partial charge in [-0.15, -0.1) is 0 Å². The highest BCUT2D eigenvalue weighted by atomic mass is 16.4. The number of benzene rings is 1. The van der Waals surface area contributed by atoms with Crippen LogP contribution in [-0.4, -0.2) is 71.1 Å². The van der Waals surface area contributed by atoms with E-state index in [4.69, 9.17) is 5.11 Å². The number of carbonyl (C=O) groups is 5. The van der Waals surface area contributed by atoms with Gasteiger partial charge in [-0.3, -0.25) is 19.2 Å². The summed E-state index contributed by atoms with van der Waals surface area (Å²) in [5.41, 5.74) is 0.726. The Morgan fingerprint density at radius 1 is 1.03 bits per heavy atom. The first-order valence-corrected chi connectivity index (χ1v) is 10.4. The quantitative estimate of drug-likeness (QED) is 0.236. The Morgan fingerprint density at radius 3 is 2.34 bits per heavy atom. The smallest absolute Gasteiger partial charge is 0.326 e. The van der Waals surface area contributed by atoms with E-state index in [1.165, 1.54) is 0 Å². The number of carboxylic acid groups (broad SMARTS) is 2. The fourth-order valence-electron chi connectivity index (χ4n) is 3.30. The first-order valence-electron chi connectivity index (χ1n) is 10.4. The molecule has 174 valence electrons. The monoisotopic (exact) mass is 448 g/mol. The number of amides is 3. The zero-order chi connectivity index (χ0) is 23.5. The molecule has 0 aromatic heterocycles. The lowest BCUT2D eigenvalue weighted by Crippen LogP contribution is -2.54. The molecule has 1 fully saturated rings. The van der Waals surface area contributed by atoms with E-state index in [0.717, 1.165) is 18.5 Å². The maximum Gasteiger partial charge on any atom is 0.326 e. The lowest BCUT2D eigenvalue weighted by molar-refractivity contribution is -0.143. The molecular formula is C21H28N4O7. The SMILES string of the molecule is O=C(O)CCC(NC(=O)C(Cc1ccccc1)NC(=O)CNC(=O)C1CCCN1)C(=O)O. The van der Waals surface area contributed by atoms with Gasteiger partial charge in [0.1, 0.15) is 12.1 Å². The molecule has 11 nitrogen and oxygen atoms in total. The number of carbonyl (C=O) groups excluding carboxylic acids is 3. The van der Waals surface area contributed by atoms with Gasteiger partial charge in [-0.25, -0.2) is 4.79 Å². The van der Waals surface area contributed by atoms with Crippen molar-refractivity contribution in [2.45, 2.75) is 50.2 Å². The summed E-state index contributed by atoms with van der Waals surface area (Å²) in [5.74, 6) is -4.23. The minimum Gasteiger partial charge on any atom is -0.481 e. The van der Waals surface area contributed by atoms with Gasteiger partial charge in [0.15, 0.2) is 0 Å². The summed E-state index contributed by atoms with van der Waals surface area (Å²) >= 11 is 0. The number of carboxylic acids is 2. The maximum atomic E-state index is 12.8. The maximum absolute atomic E-state index is 12.8. The molecule has 6 N–H and O–H groups in total. The van der Waals surface area contributed by atoms with Crippen LogP contribution in [0.15, 0.2) is 30.3 Å². The average Bonchev–Trinajstić information content (AvgIpc) is 3.29. The van der Waals surface area contributed by atoms with E-state index in [9.17, 15) is 29.1 Å². The molecule has 0 bridgehead atoms. The molecule has 32 heavy (non-hydrogen) atoms. The van der Waals surface area contributed by atoms with Crippen LogP contribution in [0.3, 0.4) is 0 Å². The molecule has 3 unspecified atom stereocenters. The molecule has 1 aliphatic heterocycles. The highest BCUT2D eigenvalue weighted by molar-refractivity contribution is 5.92. The first-order chi connectivity index (χ1) is 15.3. The van der Waals surface area contributed by atoms with Crippen LogP contribution >= 0.6 is 0 Å². The van der Waals surface area contributed by atoms with Crippen LogP contribution in [0.2, 0.25) is 0 Å². The van der Waals surface area contributed by atoms with E-state index in [1.54, 1.807) is 30.3 Å². The number of nitrogens with one attached hydrogen (secondary N) is 4. The molecule has 1 saturated heterocycles. The number of aliphatic carboxylic acids is 2. The van der Waals surface area contributed by atoms with Crippen LogP contribution in [0.25, 0.3) is 0 Å². The van der Waals surface area contributed by atoms with Gasteiger partial charge in [0, 0.05) is 12.8 Å². The molecule has 0 radical (unpaired) electrons. The van der Waals surface area contributed by atoms with Crippen molar-refractivity contribution in [2.75, 3.05) is 13.1 Å². The molecule has 1 heterocycles. The summed E-state index contributed by atoms with van der Waals surface area (Å²) in [5, 5.41) is 28.4. The summed E-state index contributed by atoms with van der Waals surface area (Å²) < 4.78 is 0. The minimum absolute atomic E-state index is 0.0851. The first kappa shape index (κ1) is 24.8. The summed E-state index contributed by atoms with van der Waals surface area (Å²) in [6.07, 6.45) is 0.901. The zero-order valence-corrected chi connectivity index (χ0v) is 17.5. The second-order valence-corrected chi connectivity index (χ2v) is 7.51. The van der Waals surface area contributed by atoms with Crippen LogP contribution in [0.1, 0.15) is 31.2 Å². The highest BCUT2D eigenvalue weighted by Gasteiger charge is 2.28. The van der Waals surface area contributed by atoms with Gasteiger partial charge in [-0.2, -0.15) is 0 Å². The van der Waals surface area contributed by atoms with Crippen molar-refractivity contribution in [3.8, 4) is 0 Å². The van der Waals surface area contributed by atoms with Crippen LogP contribution in [0, 0.1) is 0 Å². The summed E-state index contributed by atoms with van der Waals surface area (Å²) in [4.78, 5) is 59.4. The lowest BCUT2D eigenvalue weighted by atomic mass is 10.0. The van der Waals surface area contributed by atoms with Crippen molar-refractivity contribution in [3.05, 3.63) is 35.9 Å². The lowest BCUT2D eigenvalue weighted by Gasteiger charge is -2.22. The summed E-state index contributed by atoms with van der Waals surface area (Å²) in [6, 6.07) is 5.92. The van der Waals surface area contributed by atoms with Gasteiger partial charge < -0.3 is 31.5 Å². The molecule has 0 saturated carbocycles. The van der Waals surface area contributed by atoms with Crippen LogP contribution in [-0.2, 0) is 30.4 Å². The standard InChI is InChI=1S/C21H28N4O7/c26-17(12-23-19(29)14-7-4-10-22-14)24-16(11-13-5-2-1-3-6-13)20(30)25-15(21(31)32)8-9-18(27)28/h1-3,5-6,14-16,22H,4,7-12H2,(H,23,29)(H,24,26)(H,25,30)(H,27,28)(H,31,32). The molecule has 0 spiro atoms. The fourth-order valence-corrected chi connectivity index (χ4v) is 3.30. The Morgan fingerprint density at radius 2 is 1.75 bits per heavy atom. The van der Waals surface area contributed by atoms with Crippen LogP contribution < -0.4 is 21.3 Å². The van der Waals surface area contributed by atoms with Gasteiger partial charge in [0.2, 0.25) is 17.7 Å². The Hall–Kier alpha value is -3.47. The van der Waals surface area contributed by atoms with Crippen molar-refractivity contribution in [3.63, 3.8) is 0 Å². The van der Waals surface area contributed by atoms with Crippen LogP contribution in [0.4, 0.5) is 0 Å². The fraction of sp³-hybridized carbons (Fsp3) is 0.476. The predicted octanol–water partition coefficient (Wildman–Crippen LogP) is -0.984. The molecule has 2 rings (SSSR count). The third-order valence-corrected chi connectivity index (χ3v) is 5.00. The number of hydrogen-bond donors (Lipinski definition) is 6. The number of hydrogen-bond acceptors (Lipinski definition) is 6. The van der Waals surface area contributed by atoms with Gasteiger partial charge in [-0.1, -0.05) is 30.3 Å². The molecule has 1 aliphatic rings. The second kappa shape index (κ2) is 12.4. The molecule has 0 aliphatic carbocycles. The van der Waals surface area contributed by atoms with E-state index >= 15 is 0 Å². The van der Waals surface area contributed by atoms with E-state index < -0.39 is 42.3 Å². The molecule has 3 amide bonds. The normalized spacial score (nSPS) is 17.1. The topological polar surface area (TPSA) is 174 Å². The van der Waals surface area contributed by atoms with E-state index in [2.05, 4.69) is 21.3 Å². The van der Waals surface area contributed by atoms with Gasteiger partial charge in [-0.05, 0) is 31.4 Å². The van der Waals surface area contributed by atoms with E-state index in [1.807, 2.05) is 0 Å². The Balaban J connectivity index is 2.01. The van der Waals surface area contributed by atoms with Gasteiger partial charge >= 0.3 is 11.9 Å². The summed E-state index contributed by atoms with van der Waals surface area (Å²) in [6.45, 7) is 0.396. The van der Waals surface area contributed by atoms with Crippen molar-refractivity contribution >= 4 is 29.7 Å². The van der Waals surface area contributed by atoms with Crippen molar-refractivity contribution in [1.29, 1.82) is 0 Å². The van der Waals surface area contributed by atoms with Crippen molar-refractivity contribution in [2.24, 2.45) is 0 Å². The van der Waals surface area contributed by atoms with E-state index in [-0.39, 0.29) is 31.3 Å². The molecular weight excluding hydrogens is 420 g/mol. The van der Waals surface area contributed by atoms with Gasteiger partial charge in [0.25, 0.3) is 0 Å². The Bertz CT molecular complexity index is 825. The molecule has 1 aromatic carbocycles. The average molecular weight is 448 g/mol. The molecule has 3 atom stereocenters. The molecule has 1 aromatic rings. The minimum atomic E-state index is -1.41. The zero-order valence-electron chi connectivity index (χ0n) is 17.5. The van der Waals surface area contributed by atoms with Crippen LogP contribution in [0.5, 0.6) is 0 Å².